The maximum absolute atomic E-state index is 13.2. The number of benzene rings is 2. The van der Waals surface area contributed by atoms with Gasteiger partial charge in [-0.1, -0.05) is 41.4 Å². The molecule has 0 radical (unpaired) electrons. The van der Waals surface area contributed by atoms with Gasteiger partial charge in [0.1, 0.15) is 5.75 Å². The van der Waals surface area contributed by atoms with E-state index in [0.717, 1.165) is 45.3 Å². The predicted octanol–water partition coefficient (Wildman–Crippen LogP) is 5.98. The van der Waals surface area contributed by atoms with Crippen LogP contribution in [0.3, 0.4) is 0 Å². The zero-order chi connectivity index (χ0) is 22.5. The summed E-state index contributed by atoms with van der Waals surface area (Å²) in [4.78, 5) is 17.9. The van der Waals surface area contributed by atoms with E-state index >= 15 is 0 Å². The van der Waals surface area contributed by atoms with Gasteiger partial charge in [0, 0.05) is 22.1 Å². The fourth-order valence-electron chi connectivity index (χ4n) is 3.54. The van der Waals surface area contributed by atoms with Crippen LogP contribution in [0.1, 0.15) is 37.0 Å². The monoisotopic (exact) mass is 492 g/mol. The van der Waals surface area contributed by atoms with Crippen LogP contribution in [0, 0.1) is 0 Å². The first-order valence-electron chi connectivity index (χ1n) is 10.8. The van der Waals surface area contributed by atoms with Crippen LogP contribution in [0.5, 0.6) is 5.75 Å². The van der Waals surface area contributed by atoms with Gasteiger partial charge < -0.3 is 10.1 Å². The van der Waals surface area contributed by atoms with Gasteiger partial charge >= 0.3 is 0 Å². The Kier molecular flexibility index (Phi) is 6.85. The molecule has 4 rings (SSSR count). The first-order chi connectivity index (χ1) is 15.6. The topological polar surface area (TPSA) is 79.9 Å². The third-order valence-corrected chi connectivity index (χ3v) is 5.71. The lowest BCUT2D eigenvalue weighted by atomic mass is 10.0. The number of H-pyrrole nitrogens is 1. The van der Waals surface area contributed by atoms with E-state index < -0.39 is 0 Å². The molecule has 0 aliphatic carbocycles. The zero-order valence-corrected chi connectivity index (χ0v) is 19.7. The predicted molar refractivity (Wildman–Crippen MR) is 131 cm³/mol. The van der Waals surface area contributed by atoms with Gasteiger partial charge in [0.15, 0.2) is 5.65 Å². The standard InChI is InChI=1S/C25H25BrN4O2/c1-3-5-14-27-25(31)20-15-21(16-8-12-19(13-9-16)32-4-2)28-24-22(20)23(29-30-24)17-6-10-18(26)11-7-17/h6-13,15H,3-5,14H2,1-2H3,(H,27,31)(H,28,29,30). The second-order valence-corrected chi connectivity index (χ2v) is 8.34. The molecule has 1 amide bonds. The number of nitrogens with zero attached hydrogens (tertiary/aromatic N) is 2. The molecule has 0 aliphatic heterocycles. The van der Waals surface area contributed by atoms with Gasteiger partial charge in [-0.05, 0) is 55.8 Å². The van der Waals surface area contributed by atoms with E-state index in [0.29, 0.717) is 30.1 Å². The van der Waals surface area contributed by atoms with Crippen molar-refractivity contribution in [2.24, 2.45) is 0 Å². The number of hydrogen-bond acceptors (Lipinski definition) is 4. The molecule has 0 spiro atoms. The molecule has 6 nitrogen and oxygen atoms in total. The molecule has 0 bridgehead atoms. The quantitative estimate of drug-likeness (QED) is 0.296. The van der Waals surface area contributed by atoms with Crippen molar-refractivity contribution in [1.29, 1.82) is 0 Å². The van der Waals surface area contributed by atoms with Crippen molar-refractivity contribution < 1.29 is 9.53 Å². The smallest absolute Gasteiger partial charge is 0.252 e. The number of aromatic amines is 1. The summed E-state index contributed by atoms with van der Waals surface area (Å²) in [6.07, 6.45) is 1.94. The molecular weight excluding hydrogens is 468 g/mol. The number of unbranched alkanes of at least 4 members (excludes halogenated alkanes) is 1. The van der Waals surface area contributed by atoms with E-state index in [1.807, 2.05) is 61.5 Å². The third kappa shape index (κ3) is 4.67. The number of halogens is 1. The van der Waals surface area contributed by atoms with Crippen molar-refractivity contribution in [2.75, 3.05) is 13.2 Å². The number of hydrogen-bond donors (Lipinski definition) is 2. The third-order valence-electron chi connectivity index (χ3n) is 5.18. The van der Waals surface area contributed by atoms with Crippen LogP contribution < -0.4 is 10.1 Å². The van der Waals surface area contributed by atoms with Gasteiger partial charge in [0.25, 0.3) is 5.91 Å². The minimum absolute atomic E-state index is 0.127. The molecule has 0 saturated heterocycles. The number of pyridine rings is 1. The number of carbonyl (C=O) groups excluding carboxylic acids is 1. The Morgan fingerprint density at radius 2 is 1.78 bits per heavy atom. The molecule has 32 heavy (non-hydrogen) atoms. The fraction of sp³-hybridized carbons (Fsp3) is 0.240. The Morgan fingerprint density at radius 1 is 1.06 bits per heavy atom. The normalized spacial score (nSPS) is 11.0. The van der Waals surface area contributed by atoms with Gasteiger partial charge in [0.05, 0.1) is 28.9 Å². The highest BCUT2D eigenvalue weighted by Gasteiger charge is 2.20. The number of carbonyl (C=O) groups is 1. The minimum Gasteiger partial charge on any atom is -0.494 e. The van der Waals surface area contributed by atoms with Crippen LogP contribution in [0.25, 0.3) is 33.5 Å². The maximum atomic E-state index is 13.2. The summed E-state index contributed by atoms with van der Waals surface area (Å²) < 4.78 is 6.52. The molecule has 7 heteroatoms. The van der Waals surface area contributed by atoms with E-state index in [1.54, 1.807) is 0 Å². The zero-order valence-electron chi connectivity index (χ0n) is 18.1. The van der Waals surface area contributed by atoms with Crippen molar-refractivity contribution >= 4 is 32.9 Å². The number of aromatic nitrogens is 3. The second-order valence-electron chi connectivity index (χ2n) is 7.43. The molecule has 0 saturated carbocycles. The molecule has 2 aromatic carbocycles. The molecule has 2 aromatic heterocycles. The van der Waals surface area contributed by atoms with Crippen molar-refractivity contribution in [3.63, 3.8) is 0 Å². The van der Waals surface area contributed by atoms with Crippen molar-refractivity contribution in [1.82, 2.24) is 20.5 Å². The Hall–Kier alpha value is -3.19. The first-order valence-corrected chi connectivity index (χ1v) is 11.6. The Labute approximate surface area is 195 Å². The number of amides is 1. The molecule has 0 aliphatic rings. The molecule has 0 atom stereocenters. The molecule has 2 N–H and O–H groups in total. The lowest BCUT2D eigenvalue weighted by Gasteiger charge is -2.10. The van der Waals surface area contributed by atoms with Crippen LogP contribution >= 0.6 is 15.9 Å². The van der Waals surface area contributed by atoms with Crippen molar-refractivity contribution in [3.8, 4) is 28.3 Å². The first kappa shape index (κ1) is 22.0. The lowest BCUT2D eigenvalue weighted by molar-refractivity contribution is 0.0955. The second kappa shape index (κ2) is 9.96. The Balaban J connectivity index is 1.82. The molecule has 0 fully saturated rings. The molecule has 164 valence electrons. The Morgan fingerprint density at radius 3 is 2.47 bits per heavy atom. The van der Waals surface area contributed by atoms with Gasteiger partial charge in [-0.15, -0.1) is 0 Å². The van der Waals surface area contributed by atoms with Crippen molar-refractivity contribution in [2.45, 2.75) is 26.7 Å². The highest BCUT2D eigenvalue weighted by atomic mass is 79.9. The summed E-state index contributed by atoms with van der Waals surface area (Å²) in [5, 5.41) is 11.3. The summed E-state index contributed by atoms with van der Waals surface area (Å²) in [6.45, 7) is 5.29. The van der Waals surface area contributed by atoms with Crippen molar-refractivity contribution in [3.05, 3.63) is 64.6 Å². The van der Waals surface area contributed by atoms with E-state index in [4.69, 9.17) is 9.72 Å². The average molecular weight is 493 g/mol. The van der Waals surface area contributed by atoms with Crippen LogP contribution in [-0.2, 0) is 0 Å². The van der Waals surface area contributed by atoms with E-state index in [-0.39, 0.29) is 5.91 Å². The van der Waals surface area contributed by atoms with Crippen LogP contribution in [-0.4, -0.2) is 34.2 Å². The molecule has 2 heterocycles. The molecular formula is C25H25BrN4O2. The summed E-state index contributed by atoms with van der Waals surface area (Å²) in [5.41, 5.74) is 4.37. The van der Waals surface area contributed by atoms with Crippen LogP contribution in [0.15, 0.2) is 59.1 Å². The average Bonchev–Trinajstić information content (AvgIpc) is 3.24. The summed E-state index contributed by atoms with van der Waals surface area (Å²) >= 11 is 3.47. The largest absolute Gasteiger partial charge is 0.494 e. The van der Waals surface area contributed by atoms with Gasteiger partial charge in [-0.25, -0.2) is 4.98 Å². The summed E-state index contributed by atoms with van der Waals surface area (Å²) in [7, 11) is 0. The molecule has 0 unspecified atom stereocenters. The number of ether oxygens (including phenoxy) is 1. The number of fused-ring (bicyclic) bond motifs is 1. The van der Waals surface area contributed by atoms with E-state index in [1.165, 1.54) is 0 Å². The highest BCUT2D eigenvalue weighted by Crippen LogP contribution is 2.32. The number of rotatable bonds is 8. The van der Waals surface area contributed by atoms with E-state index in [2.05, 4.69) is 38.4 Å². The number of nitrogens with one attached hydrogen (secondary N) is 2. The fourth-order valence-corrected chi connectivity index (χ4v) is 3.80. The lowest BCUT2D eigenvalue weighted by Crippen LogP contribution is -2.24. The van der Waals surface area contributed by atoms with Gasteiger partial charge in [0.2, 0.25) is 0 Å². The Bertz CT molecular complexity index is 1220. The minimum atomic E-state index is -0.127. The van der Waals surface area contributed by atoms with Gasteiger partial charge in [-0.2, -0.15) is 5.10 Å². The summed E-state index contributed by atoms with van der Waals surface area (Å²) in [5.74, 6) is 0.671. The van der Waals surface area contributed by atoms with Crippen LogP contribution in [0.4, 0.5) is 0 Å². The van der Waals surface area contributed by atoms with E-state index in [9.17, 15) is 4.79 Å². The van der Waals surface area contributed by atoms with Gasteiger partial charge in [-0.3, -0.25) is 9.89 Å². The highest BCUT2D eigenvalue weighted by molar-refractivity contribution is 9.10. The summed E-state index contributed by atoms with van der Waals surface area (Å²) in [6, 6.07) is 17.4. The SMILES string of the molecule is CCCCNC(=O)c1cc(-c2ccc(OCC)cc2)nc2n[nH]c(-c3ccc(Br)cc3)c12. The maximum Gasteiger partial charge on any atom is 0.252 e. The van der Waals surface area contributed by atoms with Crippen LogP contribution in [0.2, 0.25) is 0 Å². The molecule has 4 aromatic rings.